The van der Waals surface area contributed by atoms with Crippen LogP contribution >= 0.6 is 11.6 Å². The lowest BCUT2D eigenvalue weighted by Crippen LogP contribution is -2.30. The molecular formula is C18H17ClN4O2. The Balaban J connectivity index is 1.58. The Morgan fingerprint density at radius 3 is 2.80 bits per heavy atom. The van der Waals surface area contributed by atoms with Crippen molar-refractivity contribution in [2.45, 2.75) is 19.6 Å². The van der Waals surface area contributed by atoms with Crippen LogP contribution in [0.15, 0.2) is 60.9 Å². The van der Waals surface area contributed by atoms with Gasteiger partial charge in [-0.25, -0.2) is 0 Å². The molecule has 7 heteroatoms. The van der Waals surface area contributed by atoms with Gasteiger partial charge >= 0.3 is 0 Å². The highest BCUT2D eigenvalue weighted by Crippen LogP contribution is 2.24. The van der Waals surface area contributed by atoms with Gasteiger partial charge in [0.2, 0.25) is 0 Å². The molecule has 2 aromatic heterocycles. The maximum atomic E-state index is 12.3. The number of aromatic nitrogens is 3. The third kappa shape index (κ3) is 4.58. The van der Waals surface area contributed by atoms with Crippen molar-refractivity contribution in [3.63, 3.8) is 0 Å². The van der Waals surface area contributed by atoms with E-state index in [2.05, 4.69) is 15.4 Å². The Kier molecular flexibility index (Phi) is 5.30. The molecule has 1 aromatic carbocycles. The van der Waals surface area contributed by atoms with E-state index in [1.165, 1.54) is 0 Å². The smallest absolute Gasteiger partial charge is 0.266 e. The lowest BCUT2D eigenvalue weighted by molar-refractivity contribution is -0.122. The zero-order valence-electron chi connectivity index (χ0n) is 13.6. The molecule has 0 spiro atoms. The molecular weight excluding hydrogens is 340 g/mol. The first-order valence-corrected chi connectivity index (χ1v) is 8.15. The van der Waals surface area contributed by atoms with E-state index >= 15 is 0 Å². The fourth-order valence-corrected chi connectivity index (χ4v) is 2.37. The Morgan fingerprint density at radius 2 is 2.04 bits per heavy atom. The number of para-hydroxylation sites is 1. The second-order valence-corrected chi connectivity index (χ2v) is 5.81. The van der Waals surface area contributed by atoms with Gasteiger partial charge in [-0.05, 0) is 31.2 Å². The topological polar surface area (TPSA) is 69.0 Å². The van der Waals surface area contributed by atoms with Crippen molar-refractivity contribution < 1.29 is 9.53 Å². The van der Waals surface area contributed by atoms with Crippen molar-refractivity contribution in [2.75, 3.05) is 5.32 Å². The quantitative estimate of drug-likeness (QED) is 0.735. The summed E-state index contributed by atoms with van der Waals surface area (Å²) in [5, 5.41) is 7.50. The van der Waals surface area contributed by atoms with Crippen molar-refractivity contribution in [1.29, 1.82) is 0 Å². The Labute approximate surface area is 150 Å². The SMILES string of the molecule is C[C@H](Oc1ccccc1Cl)C(=O)Nc1ccn(Cc2ccccn2)n1. The van der Waals surface area contributed by atoms with Gasteiger partial charge < -0.3 is 10.1 Å². The number of pyridine rings is 1. The molecule has 1 N–H and O–H groups in total. The molecule has 25 heavy (non-hydrogen) atoms. The number of hydrogen-bond donors (Lipinski definition) is 1. The second kappa shape index (κ2) is 7.81. The number of amides is 1. The number of benzene rings is 1. The van der Waals surface area contributed by atoms with Gasteiger partial charge in [-0.2, -0.15) is 5.10 Å². The fraction of sp³-hybridized carbons (Fsp3) is 0.167. The summed E-state index contributed by atoms with van der Waals surface area (Å²) in [4.78, 5) is 16.5. The monoisotopic (exact) mass is 356 g/mol. The van der Waals surface area contributed by atoms with Gasteiger partial charge in [0.1, 0.15) is 5.75 Å². The average molecular weight is 357 g/mol. The number of carbonyl (C=O) groups excluding carboxylic acids is 1. The average Bonchev–Trinajstić information content (AvgIpc) is 3.04. The minimum absolute atomic E-state index is 0.303. The minimum Gasteiger partial charge on any atom is -0.479 e. The molecule has 0 aliphatic rings. The first-order valence-electron chi connectivity index (χ1n) is 7.77. The molecule has 1 atom stereocenters. The number of carbonyl (C=O) groups is 1. The van der Waals surface area contributed by atoms with Gasteiger partial charge in [-0.1, -0.05) is 29.8 Å². The highest BCUT2D eigenvalue weighted by atomic mass is 35.5. The van der Waals surface area contributed by atoms with Crippen LogP contribution in [0, 0.1) is 0 Å². The van der Waals surface area contributed by atoms with Crippen LogP contribution in [0.1, 0.15) is 12.6 Å². The molecule has 0 saturated carbocycles. The van der Waals surface area contributed by atoms with E-state index in [9.17, 15) is 4.79 Å². The Bertz CT molecular complexity index is 851. The predicted octanol–water partition coefficient (Wildman–Crippen LogP) is 3.39. The molecule has 0 radical (unpaired) electrons. The summed E-state index contributed by atoms with van der Waals surface area (Å²) in [6.45, 7) is 2.19. The summed E-state index contributed by atoms with van der Waals surface area (Å²) in [5.41, 5.74) is 0.888. The zero-order valence-corrected chi connectivity index (χ0v) is 14.3. The van der Waals surface area contributed by atoms with Crippen LogP contribution in [0.4, 0.5) is 5.82 Å². The van der Waals surface area contributed by atoms with E-state index in [1.807, 2.05) is 18.2 Å². The number of rotatable bonds is 6. The fourth-order valence-electron chi connectivity index (χ4n) is 2.19. The van der Waals surface area contributed by atoms with E-state index in [0.717, 1.165) is 5.69 Å². The van der Waals surface area contributed by atoms with Crippen LogP contribution in [0.5, 0.6) is 5.75 Å². The van der Waals surface area contributed by atoms with Crippen molar-refractivity contribution in [1.82, 2.24) is 14.8 Å². The van der Waals surface area contributed by atoms with Crippen molar-refractivity contribution in [2.24, 2.45) is 0 Å². The van der Waals surface area contributed by atoms with E-state index in [0.29, 0.717) is 23.1 Å². The lowest BCUT2D eigenvalue weighted by Gasteiger charge is -2.14. The summed E-state index contributed by atoms with van der Waals surface area (Å²) < 4.78 is 7.30. The second-order valence-electron chi connectivity index (χ2n) is 5.40. The van der Waals surface area contributed by atoms with Crippen molar-refractivity contribution in [3.05, 3.63) is 71.6 Å². The van der Waals surface area contributed by atoms with Crippen molar-refractivity contribution >= 4 is 23.3 Å². The molecule has 0 bridgehead atoms. The number of nitrogens with one attached hydrogen (secondary N) is 1. The van der Waals surface area contributed by atoms with Crippen LogP contribution in [0.3, 0.4) is 0 Å². The van der Waals surface area contributed by atoms with Gasteiger partial charge in [0, 0.05) is 18.5 Å². The van der Waals surface area contributed by atoms with Crippen LogP contribution in [0.2, 0.25) is 5.02 Å². The molecule has 0 aliphatic carbocycles. The highest BCUT2D eigenvalue weighted by molar-refractivity contribution is 6.32. The van der Waals surface area contributed by atoms with E-state index in [-0.39, 0.29) is 5.91 Å². The molecule has 128 valence electrons. The van der Waals surface area contributed by atoms with Crippen molar-refractivity contribution in [3.8, 4) is 5.75 Å². The van der Waals surface area contributed by atoms with E-state index in [1.54, 1.807) is 54.3 Å². The zero-order chi connectivity index (χ0) is 17.6. The molecule has 0 aliphatic heterocycles. The van der Waals surface area contributed by atoms with Gasteiger partial charge in [0.25, 0.3) is 5.91 Å². The summed E-state index contributed by atoms with van der Waals surface area (Å²) in [5.74, 6) is 0.617. The summed E-state index contributed by atoms with van der Waals surface area (Å²) in [6.07, 6.45) is 2.81. The minimum atomic E-state index is -0.708. The molecule has 0 fully saturated rings. The third-order valence-corrected chi connectivity index (χ3v) is 3.76. The maximum absolute atomic E-state index is 12.3. The number of ether oxygens (including phenoxy) is 1. The molecule has 2 heterocycles. The number of halogens is 1. The molecule has 3 rings (SSSR count). The summed E-state index contributed by atoms with van der Waals surface area (Å²) in [7, 11) is 0. The number of nitrogens with zero attached hydrogens (tertiary/aromatic N) is 3. The molecule has 1 amide bonds. The van der Waals surface area contributed by atoms with Gasteiger partial charge in [0.15, 0.2) is 11.9 Å². The highest BCUT2D eigenvalue weighted by Gasteiger charge is 2.17. The van der Waals surface area contributed by atoms with Crippen LogP contribution < -0.4 is 10.1 Å². The molecule has 0 saturated heterocycles. The van der Waals surface area contributed by atoms with Gasteiger partial charge in [-0.3, -0.25) is 14.5 Å². The standard InChI is InChI=1S/C18H17ClN4O2/c1-13(25-16-8-3-2-7-15(16)19)18(24)21-17-9-11-23(22-17)12-14-6-4-5-10-20-14/h2-11,13H,12H2,1H3,(H,21,22,24)/t13-/m0/s1. The predicted molar refractivity (Wildman–Crippen MR) is 95.7 cm³/mol. The third-order valence-electron chi connectivity index (χ3n) is 3.45. The van der Waals surface area contributed by atoms with Crippen LogP contribution in [0.25, 0.3) is 0 Å². The summed E-state index contributed by atoms with van der Waals surface area (Å²) in [6, 6.07) is 14.4. The lowest BCUT2D eigenvalue weighted by atomic mass is 10.3. The number of hydrogen-bond acceptors (Lipinski definition) is 4. The van der Waals surface area contributed by atoms with Gasteiger partial charge in [0.05, 0.1) is 17.3 Å². The largest absolute Gasteiger partial charge is 0.479 e. The first kappa shape index (κ1) is 17.0. The molecule has 0 unspecified atom stereocenters. The normalized spacial score (nSPS) is 11.8. The van der Waals surface area contributed by atoms with Crippen LogP contribution in [-0.2, 0) is 11.3 Å². The molecule has 6 nitrogen and oxygen atoms in total. The Hall–Kier alpha value is -2.86. The molecule has 3 aromatic rings. The Morgan fingerprint density at radius 1 is 1.24 bits per heavy atom. The number of anilines is 1. The van der Waals surface area contributed by atoms with E-state index < -0.39 is 6.10 Å². The maximum Gasteiger partial charge on any atom is 0.266 e. The van der Waals surface area contributed by atoms with Crippen LogP contribution in [-0.4, -0.2) is 26.8 Å². The first-order chi connectivity index (χ1) is 12.1. The van der Waals surface area contributed by atoms with Gasteiger partial charge in [-0.15, -0.1) is 0 Å². The van der Waals surface area contributed by atoms with E-state index in [4.69, 9.17) is 16.3 Å². The summed E-state index contributed by atoms with van der Waals surface area (Å²) >= 11 is 6.04.